The summed E-state index contributed by atoms with van der Waals surface area (Å²) < 4.78 is 4.84. The van der Waals surface area contributed by atoms with Gasteiger partial charge in [-0.1, -0.05) is 6.92 Å². The number of amides is 3. The Morgan fingerprint density at radius 3 is 2.32 bits per heavy atom. The third-order valence-corrected chi connectivity index (χ3v) is 2.62. The zero-order chi connectivity index (χ0) is 16.7. The van der Waals surface area contributed by atoms with Crippen molar-refractivity contribution >= 4 is 23.9 Å². The molecule has 0 unspecified atom stereocenters. The van der Waals surface area contributed by atoms with Gasteiger partial charge in [-0.05, 0) is 20.3 Å². The highest BCUT2D eigenvalue weighted by Gasteiger charge is 2.18. The van der Waals surface area contributed by atoms with Gasteiger partial charge in [-0.3, -0.25) is 10.1 Å². The molecule has 1 heterocycles. The van der Waals surface area contributed by atoms with E-state index >= 15 is 0 Å². The molecule has 1 aromatic rings. The smallest absolute Gasteiger partial charge is 0.342 e. The van der Waals surface area contributed by atoms with Crippen LogP contribution in [0.5, 0.6) is 0 Å². The number of nitrogens with zero attached hydrogens (tertiary/aromatic N) is 2. The molecule has 0 aliphatic rings. The second kappa shape index (κ2) is 7.91. The standard InChI is InChI=1S/C13H19N5O4/c1-4-5-15-13(21)18-9(19)6-22-11(20)10-7(2)16-12(14)17-8(10)3/h4-6H2,1-3H3,(H2,14,16,17)(H2,15,18,19,21). The minimum atomic E-state index is -0.751. The third-order valence-electron chi connectivity index (χ3n) is 2.62. The van der Waals surface area contributed by atoms with Crippen molar-refractivity contribution in [3.05, 3.63) is 17.0 Å². The minimum Gasteiger partial charge on any atom is -0.452 e. The van der Waals surface area contributed by atoms with Crippen LogP contribution in [0.4, 0.5) is 10.7 Å². The van der Waals surface area contributed by atoms with Crippen molar-refractivity contribution in [3.63, 3.8) is 0 Å². The van der Waals surface area contributed by atoms with Gasteiger partial charge >= 0.3 is 12.0 Å². The molecule has 4 N–H and O–H groups in total. The van der Waals surface area contributed by atoms with E-state index in [1.807, 2.05) is 12.2 Å². The number of hydrogen-bond acceptors (Lipinski definition) is 7. The van der Waals surface area contributed by atoms with Crippen LogP contribution in [0.25, 0.3) is 0 Å². The monoisotopic (exact) mass is 309 g/mol. The number of aryl methyl sites for hydroxylation is 2. The SMILES string of the molecule is CCCNC(=O)NC(=O)COC(=O)c1c(C)nc(N)nc1C. The highest BCUT2D eigenvalue weighted by atomic mass is 16.5. The number of esters is 1. The number of nitrogens with two attached hydrogens (primary N) is 1. The number of ether oxygens (including phenoxy) is 1. The van der Waals surface area contributed by atoms with Crippen molar-refractivity contribution < 1.29 is 19.1 Å². The molecule has 0 fully saturated rings. The minimum absolute atomic E-state index is 0.0527. The van der Waals surface area contributed by atoms with E-state index in [0.717, 1.165) is 6.42 Å². The summed E-state index contributed by atoms with van der Waals surface area (Å²) in [5, 5.41) is 4.50. The molecule has 0 spiro atoms. The first-order chi connectivity index (χ1) is 10.3. The van der Waals surface area contributed by atoms with Gasteiger partial charge in [0, 0.05) is 6.54 Å². The summed E-state index contributed by atoms with van der Waals surface area (Å²) in [4.78, 5) is 42.4. The van der Waals surface area contributed by atoms with Crippen LogP contribution in [0.15, 0.2) is 0 Å². The van der Waals surface area contributed by atoms with Gasteiger partial charge in [-0.25, -0.2) is 19.6 Å². The van der Waals surface area contributed by atoms with E-state index in [9.17, 15) is 14.4 Å². The van der Waals surface area contributed by atoms with E-state index in [1.54, 1.807) is 13.8 Å². The van der Waals surface area contributed by atoms with Crippen LogP contribution < -0.4 is 16.4 Å². The van der Waals surface area contributed by atoms with Crippen molar-refractivity contribution in [2.75, 3.05) is 18.9 Å². The Hall–Kier alpha value is -2.71. The molecule has 9 heteroatoms. The lowest BCUT2D eigenvalue weighted by Gasteiger charge is -2.09. The molecule has 0 radical (unpaired) electrons. The normalized spacial score (nSPS) is 9.95. The van der Waals surface area contributed by atoms with E-state index in [0.29, 0.717) is 17.9 Å². The molecule has 0 aromatic carbocycles. The highest BCUT2D eigenvalue weighted by molar-refractivity contribution is 5.97. The maximum Gasteiger partial charge on any atom is 0.342 e. The van der Waals surface area contributed by atoms with Gasteiger partial charge in [0.1, 0.15) is 5.56 Å². The van der Waals surface area contributed by atoms with Crippen molar-refractivity contribution in [2.24, 2.45) is 0 Å². The third kappa shape index (κ3) is 5.00. The average Bonchev–Trinajstić information content (AvgIpc) is 2.41. The Kier molecular flexibility index (Phi) is 6.24. The molecule has 0 bridgehead atoms. The quantitative estimate of drug-likeness (QED) is 0.654. The van der Waals surface area contributed by atoms with E-state index in [1.165, 1.54) is 0 Å². The summed E-state index contributed by atoms with van der Waals surface area (Å²) in [7, 11) is 0. The first-order valence-electron chi connectivity index (χ1n) is 6.70. The Morgan fingerprint density at radius 2 is 1.77 bits per heavy atom. The number of imide groups is 1. The maximum atomic E-state index is 11.9. The average molecular weight is 309 g/mol. The number of carbonyl (C=O) groups is 3. The van der Waals surface area contributed by atoms with Crippen LogP contribution in [0, 0.1) is 13.8 Å². The molecule has 0 saturated heterocycles. The highest BCUT2D eigenvalue weighted by Crippen LogP contribution is 2.12. The molecule has 9 nitrogen and oxygen atoms in total. The topological polar surface area (TPSA) is 136 Å². The predicted octanol–water partition coefficient (Wildman–Crippen LogP) is 0.0682. The Morgan fingerprint density at radius 1 is 1.18 bits per heavy atom. The first kappa shape index (κ1) is 17.3. The molecule has 0 atom stereocenters. The molecule has 0 saturated carbocycles. The van der Waals surface area contributed by atoms with Gasteiger partial charge in [-0.15, -0.1) is 0 Å². The molecule has 1 aromatic heterocycles. The largest absolute Gasteiger partial charge is 0.452 e. The zero-order valence-electron chi connectivity index (χ0n) is 12.7. The summed E-state index contributed by atoms with van der Waals surface area (Å²) in [5.41, 5.74) is 6.33. The van der Waals surface area contributed by atoms with Crippen molar-refractivity contribution in [1.29, 1.82) is 0 Å². The number of urea groups is 1. The lowest BCUT2D eigenvalue weighted by molar-refractivity contribution is -0.123. The van der Waals surface area contributed by atoms with Crippen LogP contribution in [0.1, 0.15) is 35.1 Å². The molecule has 1 rings (SSSR count). The van der Waals surface area contributed by atoms with E-state index in [2.05, 4.69) is 15.3 Å². The molecule has 3 amide bonds. The van der Waals surface area contributed by atoms with Gasteiger partial charge in [0.2, 0.25) is 5.95 Å². The number of hydrogen-bond donors (Lipinski definition) is 3. The lowest BCUT2D eigenvalue weighted by Crippen LogP contribution is -2.41. The summed E-state index contributed by atoms with van der Waals surface area (Å²) in [6.07, 6.45) is 0.742. The predicted molar refractivity (Wildman–Crippen MR) is 78.0 cm³/mol. The Bertz CT molecular complexity index is 565. The molecule has 120 valence electrons. The first-order valence-corrected chi connectivity index (χ1v) is 6.70. The summed E-state index contributed by atoms with van der Waals surface area (Å²) in [5.74, 6) is -1.43. The number of carbonyl (C=O) groups excluding carboxylic acids is 3. The molecular weight excluding hydrogens is 290 g/mol. The van der Waals surface area contributed by atoms with Crippen LogP contribution in [-0.4, -0.2) is 41.0 Å². The zero-order valence-corrected chi connectivity index (χ0v) is 12.7. The van der Waals surface area contributed by atoms with Crippen molar-refractivity contribution in [2.45, 2.75) is 27.2 Å². The maximum absolute atomic E-state index is 11.9. The second-order valence-corrected chi connectivity index (χ2v) is 4.51. The van der Waals surface area contributed by atoms with Gasteiger partial charge in [0.15, 0.2) is 6.61 Å². The molecule has 0 aliphatic carbocycles. The number of nitrogens with one attached hydrogen (secondary N) is 2. The van der Waals surface area contributed by atoms with Gasteiger partial charge in [-0.2, -0.15) is 0 Å². The number of anilines is 1. The van der Waals surface area contributed by atoms with E-state index in [-0.39, 0.29) is 11.5 Å². The van der Waals surface area contributed by atoms with E-state index in [4.69, 9.17) is 10.5 Å². The second-order valence-electron chi connectivity index (χ2n) is 4.51. The summed E-state index contributed by atoms with van der Waals surface area (Å²) in [6, 6.07) is -0.633. The summed E-state index contributed by atoms with van der Waals surface area (Å²) in [6.45, 7) is 4.91. The summed E-state index contributed by atoms with van der Waals surface area (Å²) >= 11 is 0. The fourth-order valence-corrected chi connectivity index (χ4v) is 1.69. The Balaban J connectivity index is 2.56. The van der Waals surface area contributed by atoms with Crippen LogP contribution >= 0.6 is 0 Å². The van der Waals surface area contributed by atoms with Crippen LogP contribution in [0.3, 0.4) is 0 Å². The molecular formula is C13H19N5O4. The van der Waals surface area contributed by atoms with Crippen molar-refractivity contribution in [1.82, 2.24) is 20.6 Å². The lowest BCUT2D eigenvalue weighted by atomic mass is 10.2. The van der Waals surface area contributed by atoms with Gasteiger partial charge < -0.3 is 15.8 Å². The fourth-order valence-electron chi connectivity index (χ4n) is 1.69. The van der Waals surface area contributed by atoms with Gasteiger partial charge in [0.05, 0.1) is 11.4 Å². The van der Waals surface area contributed by atoms with Crippen molar-refractivity contribution in [3.8, 4) is 0 Å². The van der Waals surface area contributed by atoms with Gasteiger partial charge in [0.25, 0.3) is 5.91 Å². The van der Waals surface area contributed by atoms with E-state index < -0.39 is 24.5 Å². The fraction of sp³-hybridized carbons (Fsp3) is 0.462. The molecule has 0 aliphatic heterocycles. The van der Waals surface area contributed by atoms with Crippen LogP contribution in [-0.2, 0) is 9.53 Å². The number of rotatable bonds is 5. The Labute approximate surface area is 127 Å². The number of aromatic nitrogens is 2. The number of nitrogen functional groups attached to an aromatic ring is 1. The molecule has 22 heavy (non-hydrogen) atoms. The van der Waals surface area contributed by atoms with Crippen LogP contribution in [0.2, 0.25) is 0 Å².